The molecule has 0 aromatic heterocycles. The summed E-state index contributed by atoms with van der Waals surface area (Å²) in [7, 11) is 0. The molecule has 3 aromatic rings. The zero-order chi connectivity index (χ0) is 25.8. The van der Waals surface area contributed by atoms with Crippen molar-refractivity contribution in [2.24, 2.45) is 11.1 Å². The fourth-order valence-corrected chi connectivity index (χ4v) is 4.75. The summed E-state index contributed by atoms with van der Waals surface area (Å²) in [6.45, 7) is 11.3. The second-order valence-electron chi connectivity index (χ2n) is 9.15. The Hall–Kier alpha value is -2.63. The van der Waals surface area contributed by atoms with Crippen LogP contribution in [0.3, 0.4) is 0 Å². The summed E-state index contributed by atoms with van der Waals surface area (Å²) in [5, 5.41) is 2.86. The Kier molecular flexibility index (Phi) is 12.1. The number of nitrogens with two attached hydrogens (primary N) is 1. The quantitative estimate of drug-likeness (QED) is 0.314. The SMILES string of the molecule is CC1=C(C)C(C)(C)[C]([Ti])=C1C.Cl.Cl.NC(=O)c1ccccc1-c1ccccc1C(=O)Nc1ccccc1. The standard InChI is InChI=1S/C20H16N2O2.C10H15.2ClH.Ti/c21-19(23)17-12-6-4-10-15(17)16-11-5-7-13-18(16)20(24)22-14-8-2-1-3-9-14;1-7-6-10(4,5)9(3)8(7)2;;;/h1-13H,(H2,21,23)(H,22,24);1-5H3;2*1H;. The smallest absolute Gasteiger partial charge is 0.256 e. The van der Waals surface area contributed by atoms with Gasteiger partial charge in [-0.3, -0.25) is 9.59 Å². The molecule has 37 heavy (non-hydrogen) atoms. The van der Waals surface area contributed by atoms with Crippen LogP contribution in [-0.4, -0.2) is 11.8 Å². The first-order valence-electron chi connectivity index (χ1n) is 11.5. The van der Waals surface area contributed by atoms with E-state index in [1.807, 2.05) is 48.5 Å². The monoisotopic (exact) mass is 571 g/mol. The Morgan fingerprint density at radius 3 is 1.62 bits per heavy atom. The topological polar surface area (TPSA) is 72.2 Å². The first-order valence-corrected chi connectivity index (χ1v) is 12.3. The largest absolute Gasteiger partial charge is 0.366 e. The molecule has 4 nitrogen and oxygen atoms in total. The number of carbonyl (C=O) groups excluding carboxylic acids is 2. The number of primary amides is 1. The van der Waals surface area contributed by atoms with Crippen LogP contribution in [0, 0.1) is 5.41 Å². The molecule has 0 unspecified atom stereocenters. The van der Waals surface area contributed by atoms with Crippen LogP contribution in [0.4, 0.5) is 5.69 Å². The Balaban J connectivity index is 0.000000448. The number of amides is 2. The second kappa shape index (κ2) is 13.8. The molecule has 0 fully saturated rings. The van der Waals surface area contributed by atoms with E-state index in [-0.39, 0.29) is 30.7 Å². The molecule has 0 spiro atoms. The van der Waals surface area contributed by atoms with E-state index in [0.29, 0.717) is 33.4 Å². The van der Waals surface area contributed by atoms with Gasteiger partial charge in [0.15, 0.2) is 0 Å². The van der Waals surface area contributed by atoms with Gasteiger partial charge in [0, 0.05) is 16.8 Å². The molecule has 0 saturated carbocycles. The van der Waals surface area contributed by atoms with Crippen LogP contribution < -0.4 is 11.1 Å². The van der Waals surface area contributed by atoms with Crippen LogP contribution >= 0.6 is 24.8 Å². The van der Waals surface area contributed by atoms with Gasteiger partial charge >= 0.3 is 81.1 Å². The second-order valence-corrected chi connectivity index (χ2v) is 9.93. The predicted octanol–water partition coefficient (Wildman–Crippen LogP) is 7.73. The van der Waals surface area contributed by atoms with Crippen molar-refractivity contribution in [3.05, 3.63) is 111 Å². The van der Waals surface area contributed by atoms with Gasteiger partial charge < -0.3 is 11.1 Å². The van der Waals surface area contributed by atoms with E-state index in [0.717, 1.165) is 0 Å². The number of anilines is 1. The number of carbonyl (C=O) groups is 2. The number of allylic oxidation sites excluding steroid dienone is 4. The molecule has 2 amide bonds. The van der Waals surface area contributed by atoms with E-state index in [9.17, 15) is 9.59 Å². The Morgan fingerprint density at radius 2 is 1.19 bits per heavy atom. The molecule has 1 aliphatic rings. The molecular weight excluding hydrogens is 539 g/mol. The molecule has 4 rings (SSSR count). The van der Waals surface area contributed by atoms with Crippen molar-refractivity contribution in [3.63, 3.8) is 0 Å². The van der Waals surface area contributed by atoms with Crippen LogP contribution in [-0.2, 0) is 20.4 Å². The molecule has 3 N–H and O–H groups in total. The number of benzene rings is 3. The third-order valence-electron chi connectivity index (χ3n) is 6.75. The van der Waals surface area contributed by atoms with Crippen LogP contribution in [0.2, 0.25) is 0 Å². The number of hydrogen-bond donors (Lipinski definition) is 2. The van der Waals surface area contributed by atoms with Gasteiger partial charge in [-0.15, -0.1) is 24.8 Å². The van der Waals surface area contributed by atoms with Gasteiger partial charge in [0.2, 0.25) is 5.91 Å². The molecule has 0 heterocycles. The van der Waals surface area contributed by atoms with Crippen molar-refractivity contribution in [2.45, 2.75) is 34.6 Å². The zero-order valence-corrected chi connectivity index (χ0v) is 24.9. The molecule has 1 aliphatic carbocycles. The fraction of sp³-hybridized carbons (Fsp3) is 0.200. The van der Waals surface area contributed by atoms with Gasteiger partial charge in [0.25, 0.3) is 5.91 Å². The van der Waals surface area contributed by atoms with Gasteiger partial charge in [-0.2, -0.15) is 0 Å². The summed E-state index contributed by atoms with van der Waals surface area (Å²) in [6.07, 6.45) is 0. The Labute approximate surface area is 244 Å². The first-order chi connectivity index (χ1) is 16.6. The average Bonchev–Trinajstić information content (AvgIpc) is 2.99. The van der Waals surface area contributed by atoms with E-state index in [1.165, 1.54) is 20.6 Å². The number of nitrogens with one attached hydrogen (secondary N) is 1. The minimum atomic E-state index is -0.524. The van der Waals surface area contributed by atoms with Crippen LogP contribution in [0.25, 0.3) is 11.1 Å². The van der Waals surface area contributed by atoms with Crippen molar-refractivity contribution < 1.29 is 30.0 Å². The van der Waals surface area contributed by atoms with Crippen molar-refractivity contribution in [1.29, 1.82) is 0 Å². The van der Waals surface area contributed by atoms with E-state index < -0.39 is 5.91 Å². The van der Waals surface area contributed by atoms with Crippen molar-refractivity contribution >= 4 is 42.3 Å². The predicted molar refractivity (Wildman–Crippen MR) is 154 cm³/mol. The molecular formula is C30H33Cl2N2O2Ti. The first kappa shape index (κ1) is 32.4. The third-order valence-corrected chi connectivity index (χ3v) is 8.31. The summed E-state index contributed by atoms with van der Waals surface area (Å²) in [5.41, 5.74) is 13.2. The number of hydrogen-bond acceptors (Lipinski definition) is 2. The zero-order valence-electron chi connectivity index (χ0n) is 21.7. The summed E-state index contributed by atoms with van der Waals surface area (Å²) < 4.78 is 1.53. The van der Waals surface area contributed by atoms with E-state index in [4.69, 9.17) is 5.73 Å². The minimum absolute atomic E-state index is 0. The summed E-state index contributed by atoms with van der Waals surface area (Å²) in [6, 6.07) is 23.4. The Bertz CT molecular complexity index is 1310. The molecule has 0 radical (unpaired) electrons. The molecule has 0 bridgehead atoms. The van der Waals surface area contributed by atoms with Gasteiger partial charge in [-0.05, 0) is 35.4 Å². The minimum Gasteiger partial charge on any atom is -0.366 e. The molecule has 7 heteroatoms. The summed E-state index contributed by atoms with van der Waals surface area (Å²) >= 11 is 2.25. The normalized spacial score (nSPS) is 13.5. The Morgan fingerprint density at radius 1 is 0.730 bits per heavy atom. The number of para-hydroxylation sites is 1. The average molecular weight is 572 g/mol. The van der Waals surface area contributed by atoms with Gasteiger partial charge in [0.1, 0.15) is 0 Å². The fourth-order valence-electron chi connectivity index (χ4n) is 4.16. The van der Waals surface area contributed by atoms with E-state index in [2.05, 4.69) is 60.4 Å². The maximum Gasteiger partial charge on any atom is 0.256 e. The van der Waals surface area contributed by atoms with Crippen molar-refractivity contribution in [1.82, 2.24) is 0 Å². The maximum atomic E-state index is 12.7. The van der Waals surface area contributed by atoms with Gasteiger partial charge in [-0.1, -0.05) is 54.6 Å². The summed E-state index contributed by atoms with van der Waals surface area (Å²) in [5.74, 6) is -0.764. The van der Waals surface area contributed by atoms with Gasteiger partial charge in [0.05, 0.1) is 0 Å². The van der Waals surface area contributed by atoms with Gasteiger partial charge in [-0.25, -0.2) is 0 Å². The number of halogens is 2. The molecule has 0 atom stereocenters. The van der Waals surface area contributed by atoms with Crippen molar-refractivity contribution in [2.75, 3.05) is 5.32 Å². The van der Waals surface area contributed by atoms with E-state index >= 15 is 0 Å². The van der Waals surface area contributed by atoms with Crippen LogP contribution in [0.5, 0.6) is 0 Å². The van der Waals surface area contributed by atoms with Crippen LogP contribution in [0.15, 0.2) is 99.5 Å². The van der Waals surface area contributed by atoms with Crippen LogP contribution in [0.1, 0.15) is 55.3 Å². The number of rotatable bonds is 4. The maximum absolute atomic E-state index is 12.7. The molecule has 3 aromatic carbocycles. The molecule has 0 saturated heterocycles. The molecule has 0 aliphatic heterocycles. The molecule has 193 valence electrons. The van der Waals surface area contributed by atoms with E-state index in [1.54, 1.807) is 30.3 Å². The van der Waals surface area contributed by atoms with Crippen molar-refractivity contribution in [3.8, 4) is 11.1 Å². The summed E-state index contributed by atoms with van der Waals surface area (Å²) in [4.78, 5) is 24.4. The third kappa shape index (κ3) is 7.24.